The molecule has 0 bridgehead atoms. The average molecular weight is 284 g/mol. The fourth-order valence-corrected chi connectivity index (χ4v) is 1.83. The molecule has 20 heavy (non-hydrogen) atoms. The molecule has 0 radical (unpaired) electrons. The molecule has 0 aromatic heterocycles. The van der Waals surface area contributed by atoms with Crippen molar-refractivity contribution in [3.63, 3.8) is 0 Å². The molecule has 0 aliphatic carbocycles. The Labute approximate surface area is 122 Å². The Balaban J connectivity index is 2.40. The molecule has 1 amide bonds. The van der Waals surface area contributed by atoms with Gasteiger partial charge < -0.3 is 20.3 Å². The third kappa shape index (κ3) is 6.75. The maximum absolute atomic E-state index is 11.6. The summed E-state index contributed by atoms with van der Waals surface area (Å²) in [6.07, 6.45) is 3.31. The molecular weight excluding hydrogens is 256 g/mol. The number of amides is 1. The molecule has 1 atom stereocenters. The van der Waals surface area contributed by atoms with Crippen LogP contribution in [0.5, 0.6) is 0 Å². The molecule has 6 nitrogen and oxygen atoms in total. The molecule has 0 aromatic carbocycles. The Morgan fingerprint density at radius 1 is 1.40 bits per heavy atom. The first-order valence-corrected chi connectivity index (χ1v) is 7.43. The molecule has 2 N–H and O–H groups in total. The summed E-state index contributed by atoms with van der Waals surface area (Å²) in [7, 11) is 3.48. The number of carbonyl (C=O) groups excluding carboxylic acids is 1. The van der Waals surface area contributed by atoms with Crippen molar-refractivity contribution in [2.24, 2.45) is 10.9 Å². The highest BCUT2D eigenvalue weighted by Crippen LogP contribution is 2.10. The lowest BCUT2D eigenvalue weighted by molar-refractivity contribution is -0.127. The van der Waals surface area contributed by atoms with Crippen LogP contribution >= 0.6 is 0 Å². The Hall–Kier alpha value is -1.30. The summed E-state index contributed by atoms with van der Waals surface area (Å²) in [6.45, 7) is 5.70. The zero-order valence-electron chi connectivity index (χ0n) is 12.9. The smallest absolute Gasteiger partial charge is 0.243 e. The summed E-state index contributed by atoms with van der Waals surface area (Å²) in [5.74, 6) is 1.27. The van der Waals surface area contributed by atoms with Crippen molar-refractivity contribution in [1.82, 2.24) is 15.5 Å². The number of rotatable bonds is 7. The minimum Gasteiger partial charge on any atom is -0.381 e. The third-order valence-electron chi connectivity index (χ3n) is 3.28. The zero-order valence-corrected chi connectivity index (χ0v) is 12.9. The van der Waals surface area contributed by atoms with Crippen molar-refractivity contribution in [2.75, 3.05) is 46.9 Å². The Kier molecular flexibility index (Phi) is 8.02. The van der Waals surface area contributed by atoms with E-state index in [0.29, 0.717) is 5.92 Å². The molecule has 1 heterocycles. The van der Waals surface area contributed by atoms with Crippen LogP contribution in [0.3, 0.4) is 0 Å². The van der Waals surface area contributed by atoms with E-state index in [2.05, 4.69) is 22.5 Å². The van der Waals surface area contributed by atoms with Crippen LogP contribution in [0.15, 0.2) is 4.99 Å². The highest BCUT2D eigenvalue weighted by atomic mass is 16.5. The second-order valence-corrected chi connectivity index (χ2v) is 5.34. The van der Waals surface area contributed by atoms with Gasteiger partial charge in [0.25, 0.3) is 0 Å². The molecule has 1 aliphatic rings. The normalized spacial score (nSPS) is 18.9. The first-order chi connectivity index (χ1) is 9.63. The predicted octanol–water partition coefficient (Wildman–Crippen LogP) is 0.446. The minimum absolute atomic E-state index is 0.00536. The lowest BCUT2D eigenvalue weighted by Crippen LogP contribution is -2.41. The number of likely N-dealkylation sites (N-methyl/N-ethyl adjacent to an activating group) is 1. The van der Waals surface area contributed by atoms with Crippen molar-refractivity contribution in [1.29, 1.82) is 0 Å². The SMILES string of the molecule is CCCCNC(=NCC(=O)N(C)C)NCC1CCOC1. The van der Waals surface area contributed by atoms with Crippen LogP contribution in [0.1, 0.15) is 26.2 Å². The summed E-state index contributed by atoms with van der Waals surface area (Å²) in [5.41, 5.74) is 0. The van der Waals surface area contributed by atoms with E-state index in [-0.39, 0.29) is 12.5 Å². The Morgan fingerprint density at radius 2 is 2.20 bits per heavy atom. The van der Waals surface area contributed by atoms with Gasteiger partial charge in [-0.25, -0.2) is 4.99 Å². The van der Waals surface area contributed by atoms with Gasteiger partial charge in [-0.2, -0.15) is 0 Å². The van der Waals surface area contributed by atoms with Gasteiger partial charge in [0, 0.05) is 39.7 Å². The maximum Gasteiger partial charge on any atom is 0.243 e. The summed E-state index contributed by atoms with van der Waals surface area (Å²) < 4.78 is 5.36. The van der Waals surface area contributed by atoms with E-state index in [1.807, 2.05) is 0 Å². The number of unbranched alkanes of at least 4 members (excludes halogenated alkanes) is 1. The predicted molar refractivity (Wildman–Crippen MR) is 80.8 cm³/mol. The number of carbonyl (C=O) groups is 1. The minimum atomic E-state index is 0.00536. The first-order valence-electron chi connectivity index (χ1n) is 7.43. The lowest BCUT2D eigenvalue weighted by Gasteiger charge is -2.15. The quantitative estimate of drug-likeness (QED) is 0.405. The number of aliphatic imine (C=N–C) groups is 1. The van der Waals surface area contributed by atoms with Crippen LogP contribution < -0.4 is 10.6 Å². The van der Waals surface area contributed by atoms with Gasteiger partial charge in [0.05, 0.1) is 6.61 Å². The van der Waals surface area contributed by atoms with Gasteiger partial charge in [-0.05, 0) is 12.8 Å². The molecule has 1 saturated heterocycles. The van der Waals surface area contributed by atoms with Crippen LogP contribution in [0.2, 0.25) is 0 Å². The van der Waals surface area contributed by atoms with E-state index >= 15 is 0 Å². The van der Waals surface area contributed by atoms with Crippen LogP contribution in [0.25, 0.3) is 0 Å². The average Bonchev–Trinajstić information content (AvgIpc) is 2.94. The van der Waals surface area contributed by atoms with Gasteiger partial charge in [-0.1, -0.05) is 13.3 Å². The van der Waals surface area contributed by atoms with E-state index in [0.717, 1.165) is 51.5 Å². The van der Waals surface area contributed by atoms with Gasteiger partial charge in [0.15, 0.2) is 5.96 Å². The molecule has 1 rings (SSSR count). The van der Waals surface area contributed by atoms with E-state index in [1.165, 1.54) is 0 Å². The summed E-state index contributed by atoms with van der Waals surface area (Å²) in [4.78, 5) is 17.5. The second kappa shape index (κ2) is 9.58. The number of hydrogen-bond acceptors (Lipinski definition) is 3. The third-order valence-corrected chi connectivity index (χ3v) is 3.28. The van der Waals surface area contributed by atoms with E-state index < -0.39 is 0 Å². The molecule has 0 spiro atoms. The van der Waals surface area contributed by atoms with Gasteiger partial charge in [0.2, 0.25) is 5.91 Å². The van der Waals surface area contributed by atoms with Crippen LogP contribution in [-0.4, -0.2) is 63.7 Å². The summed E-state index contributed by atoms with van der Waals surface area (Å²) in [6, 6.07) is 0. The van der Waals surface area contributed by atoms with Gasteiger partial charge in [0.1, 0.15) is 6.54 Å². The number of ether oxygens (including phenoxy) is 1. The number of hydrogen-bond donors (Lipinski definition) is 2. The van der Waals surface area contributed by atoms with Gasteiger partial charge in [-0.15, -0.1) is 0 Å². The lowest BCUT2D eigenvalue weighted by atomic mass is 10.1. The molecular formula is C14H28N4O2. The molecule has 6 heteroatoms. The maximum atomic E-state index is 11.6. The van der Waals surface area contributed by atoms with E-state index in [9.17, 15) is 4.79 Å². The van der Waals surface area contributed by atoms with Crippen LogP contribution in [-0.2, 0) is 9.53 Å². The summed E-state index contributed by atoms with van der Waals surface area (Å²) in [5, 5.41) is 6.57. The number of nitrogens with one attached hydrogen (secondary N) is 2. The van der Waals surface area contributed by atoms with Crippen molar-refractivity contribution < 1.29 is 9.53 Å². The molecule has 1 unspecified atom stereocenters. The zero-order chi connectivity index (χ0) is 14.8. The monoisotopic (exact) mass is 284 g/mol. The van der Waals surface area contributed by atoms with Crippen molar-refractivity contribution in [3.05, 3.63) is 0 Å². The number of nitrogens with zero attached hydrogens (tertiary/aromatic N) is 2. The Morgan fingerprint density at radius 3 is 2.80 bits per heavy atom. The number of guanidine groups is 1. The van der Waals surface area contributed by atoms with Crippen LogP contribution in [0, 0.1) is 5.92 Å². The molecule has 0 saturated carbocycles. The summed E-state index contributed by atoms with van der Waals surface area (Å²) >= 11 is 0. The van der Waals surface area contributed by atoms with Crippen molar-refractivity contribution in [2.45, 2.75) is 26.2 Å². The van der Waals surface area contributed by atoms with Gasteiger partial charge >= 0.3 is 0 Å². The fraction of sp³-hybridized carbons (Fsp3) is 0.857. The Bertz CT molecular complexity index is 312. The van der Waals surface area contributed by atoms with E-state index in [1.54, 1.807) is 19.0 Å². The molecule has 116 valence electrons. The van der Waals surface area contributed by atoms with Crippen molar-refractivity contribution >= 4 is 11.9 Å². The molecule has 1 fully saturated rings. The van der Waals surface area contributed by atoms with E-state index in [4.69, 9.17) is 4.74 Å². The largest absolute Gasteiger partial charge is 0.381 e. The van der Waals surface area contributed by atoms with Crippen molar-refractivity contribution in [3.8, 4) is 0 Å². The molecule has 0 aromatic rings. The molecule has 1 aliphatic heterocycles. The van der Waals surface area contributed by atoms with Crippen LogP contribution in [0.4, 0.5) is 0 Å². The first kappa shape index (κ1) is 16.8. The fourth-order valence-electron chi connectivity index (χ4n) is 1.83. The second-order valence-electron chi connectivity index (χ2n) is 5.34. The highest BCUT2D eigenvalue weighted by Gasteiger charge is 2.15. The van der Waals surface area contributed by atoms with Gasteiger partial charge in [-0.3, -0.25) is 4.79 Å². The highest BCUT2D eigenvalue weighted by molar-refractivity contribution is 5.84. The standard InChI is InChI=1S/C14H28N4O2/c1-4-5-7-15-14(17-10-13(19)18(2)3)16-9-12-6-8-20-11-12/h12H,4-11H2,1-3H3,(H2,15,16,17). The topological polar surface area (TPSA) is 66.0 Å².